The molecule has 1 N–H and O–H groups in total. The summed E-state index contributed by atoms with van der Waals surface area (Å²) in [6.07, 6.45) is -2.41. The summed E-state index contributed by atoms with van der Waals surface area (Å²) < 4.78 is 16.8. The average Bonchev–Trinajstić information content (AvgIpc) is 2.57. The number of hydrogen-bond donors (Lipinski definition) is 1. The topological polar surface area (TPSA) is 47.9 Å². The first kappa shape index (κ1) is 23.9. The number of alkyl halides is 2. The maximum Gasteiger partial charge on any atom is 0.195 e. The molecule has 1 aliphatic rings. The second-order valence-corrected chi connectivity index (χ2v) is 21.1. The Labute approximate surface area is 165 Å². The zero-order chi connectivity index (χ0) is 20.1. The fraction of sp³-hybridized carbons (Fsp3) is 1.00. The van der Waals surface area contributed by atoms with Gasteiger partial charge in [0.25, 0.3) is 0 Å². The van der Waals surface area contributed by atoms with Crippen LogP contribution in [0.15, 0.2) is 0 Å². The molecule has 4 nitrogen and oxygen atoms in total. The van der Waals surface area contributed by atoms with Crippen LogP contribution in [0.5, 0.6) is 0 Å². The first-order chi connectivity index (χ1) is 10.8. The third kappa shape index (κ3) is 5.22. The predicted octanol–water partition coefficient (Wildman–Crippen LogP) is 5.29. The van der Waals surface area contributed by atoms with Gasteiger partial charge < -0.3 is 18.7 Å². The summed E-state index contributed by atoms with van der Waals surface area (Å²) >= 11 is 12.8. The Morgan fingerprint density at radius 2 is 1.40 bits per heavy atom. The lowest BCUT2D eigenvalue weighted by atomic mass is 10.2. The van der Waals surface area contributed by atoms with Gasteiger partial charge in [-0.1, -0.05) is 64.7 Å². The van der Waals surface area contributed by atoms with Crippen LogP contribution in [0.4, 0.5) is 0 Å². The number of halogens is 2. The highest BCUT2D eigenvalue weighted by Crippen LogP contribution is 2.47. The summed E-state index contributed by atoms with van der Waals surface area (Å²) in [5, 5.41) is 10.3. The van der Waals surface area contributed by atoms with E-state index in [1.165, 1.54) is 0 Å². The zero-order valence-corrected chi connectivity index (χ0v) is 20.9. The summed E-state index contributed by atoms with van der Waals surface area (Å²) in [5.41, 5.74) is 0. The Bertz CT molecular complexity index is 470. The van der Waals surface area contributed by atoms with E-state index in [4.69, 9.17) is 36.8 Å². The van der Waals surface area contributed by atoms with E-state index < -0.39 is 39.5 Å². The van der Waals surface area contributed by atoms with Gasteiger partial charge in [0.1, 0.15) is 12.2 Å². The van der Waals surface area contributed by atoms with Gasteiger partial charge in [-0.05, 0) is 36.3 Å². The Hall–Kier alpha value is 0.854. The van der Waals surface area contributed by atoms with Crippen LogP contribution in [0.25, 0.3) is 0 Å². The molecule has 0 aromatic carbocycles. The highest BCUT2D eigenvalue weighted by molar-refractivity contribution is 6.74. The largest absolute Gasteiger partial charge is 0.414 e. The average molecular weight is 432 g/mol. The standard InChI is InChI=1S/C17H36Cl2O4Si2/c1-15(2,3)24(7,8)21-11-12-13(17(18,19)14(20)22-12)23-25(9,10)16(4,5)6/h12-14,20H,11H2,1-10H3/t12-,13-,14?/m1/s1. The van der Waals surface area contributed by atoms with Crippen LogP contribution in [-0.4, -0.2) is 51.2 Å². The van der Waals surface area contributed by atoms with Crippen molar-refractivity contribution in [1.82, 2.24) is 0 Å². The Morgan fingerprint density at radius 1 is 0.960 bits per heavy atom. The summed E-state index contributed by atoms with van der Waals surface area (Å²) in [6.45, 7) is 21.9. The summed E-state index contributed by atoms with van der Waals surface area (Å²) in [5.74, 6) is 0. The number of ether oxygens (including phenoxy) is 1. The predicted molar refractivity (Wildman–Crippen MR) is 111 cm³/mol. The molecule has 1 fully saturated rings. The molecule has 8 heteroatoms. The van der Waals surface area contributed by atoms with Crippen molar-refractivity contribution in [2.75, 3.05) is 6.61 Å². The van der Waals surface area contributed by atoms with Gasteiger partial charge in [0.2, 0.25) is 0 Å². The normalized spacial score (nSPS) is 28.4. The Balaban J connectivity index is 2.98. The molecule has 1 heterocycles. The molecule has 0 radical (unpaired) electrons. The van der Waals surface area contributed by atoms with Crippen LogP contribution in [0.3, 0.4) is 0 Å². The maximum absolute atomic E-state index is 10.2. The van der Waals surface area contributed by atoms with Crippen LogP contribution in [0.2, 0.25) is 36.3 Å². The Kier molecular flexibility index (Phi) is 7.03. The minimum absolute atomic E-state index is 0.00472. The molecule has 0 aliphatic carbocycles. The molecule has 150 valence electrons. The summed E-state index contributed by atoms with van der Waals surface area (Å²) in [4.78, 5) is 0. The first-order valence-electron chi connectivity index (χ1n) is 8.86. The molecule has 0 saturated carbocycles. The van der Waals surface area contributed by atoms with Crippen molar-refractivity contribution in [3.05, 3.63) is 0 Å². The number of aliphatic hydroxyl groups is 1. The van der Waals surface area contributed by atoms with Gasteiger partial charge in [0, 0.05) is 0 Å². The molecule has 1 saturated heterocycles. The fourth-order valence-corrected chi connectivity index (χ4v) is 4.96. The molecule has 1 rings (SSSR count). The van der Waals surface area contributed by atoms with E-state index in [-0.39, 0.29) is 10.1 Å². The Morgan fingerprint density at radius 3 is 1.80 bits per heavy atom. The second-order valence-electron chi connectivity index (χ2n) is 10.1. The van der Waals surface area contributed by atoms with Gasteiger partial charge in [0.15, 0.2) is 27.3 Å². The van der Waals surface area contributed by atoms with Crippen LogP contribution in [-0.2, 0) is 13.6 Å². The molecule has 25 heavy (non-hydrogen) atoms. The van der Waals surface area contributed by atoms with Crippen molar-refractivity contribution in [1.29, 1.82) is 0 Å². The van der Waals surface area contributed by atoms with Gasteiger partial charge in [0.05, 0.1) is 6.61 Å². The minimum Gasteiger partial charge on any atom is -0.414 e. The van der Waals surface area contributed by atoms with Crippen molar-refractivity contribution in [2.24, 2.45) is 0 Å². The van der Waals surface area contributed by atoms with Crippen LogP contribution in [0.1, 0.15) is 41.5 Å². The zero-order valence-electron chi connectivity index (χ0n) is 17.4. The molecule has 1 unspecified atom stereocenters. The van der Waals surface area contributed by atoms with Gasteiger partial charge >= 0.3 is 0 Å². The molecule has 0 aromatic rings. The number of hydrogen-bond acceptors (Lipinski definition) is 4. The summed E-state index contributed by atoms with van der Waals surface area (Å²) in [6, 6.07) is 0. The van der Waals surface area contributed by atoms with Gasteiger partial charge in [-0.25, -0.2) is 0 Å². The maximum atomic E-state index is 10.2. The highest BCUT2D eigenvalue weighted by Gasteiger charge is 2.58. The molecule has 0 spiro atoms. The number of aliphatic hydroxyl groups excluding tert-OH is 1. The molecular weight excluding hydrogens is 395 g/mol. The van der Waals surface area contributed by atoms with Crippen LogP contribution in [0, 0.1) is 0 Å². The van der Waals surface area contributed by atoms with Gasteiger partial charge in [-0.3, -0.25) is 0 Å². The molecule has 0 aromatic heterocycles. The van der Waals surface area contributed by atoms with E-state index in [9.17, 15) is 5.11 Å². The van der Waals surface area contributed by atoms with E-state index >= 15 is 0 Å². The van der Waals surface area contributed by atoms with Gasteiger partial charge in [-0.15, -0.1) is 0 Å². The molecular formula is C17H36Cl2O4Si2. The van der Waals surface area contributed by atoms with Crippen LogP contribution >= 0.6 is 23.2 Å². The van der Waals surface area contributed by atoms with Crippen molar-refractivity contribution in [3.8, 4) is 0 Å². The van der Waals surface area contributed by atoms with Crippen molar-refractivity contribution < 1.29 is 18.7 Å². The van der Waals surface area contributed by atoms with Crippen molar-refractivity contribution in [2.45, 2.75) is 101 Å². The van der Waals surface area contributed by atoms with E-state index in [1.54, 1.807) is 0 Å². The fourth-order valence-electron chi connectivity index (χ4n) is 2.00. The third-order valence-electron chi connectivity index (χ3n) is 5.99. The van der Waals surface area contributed by atoms with E-state index in [2.05, 4.69) is 67.7 Å². The second kappa shape index (κ2) is 7.35. The monoisotopic (exact) mass is 430 g/mol. The molecule has 3 atom stereocenters. The highest BCUT2D eigenvalue weighted by atomic mass is 35.5. The third-order valence-corrected chi connectivity index (χ3v) is 15.8. The van der Waals surface area contributed by atoms with Crippen LogP contribution < -0.4 is 0 Å². The quantitative estimate of drug-likeness (QED) is 0.475. The SMILES string of the molecule is CC(C)(C)[Si](C)(C)OC[C@H]1OC(O)C(Cl)(Cl)[C@@H]1O[Si](C)(C)C(C)(C)C. The van der Waals surface area contributed by atoms with E-state index in [1.807, 2.05) is 0 Å². The smallest absolute Gasteiger partial charge is 0.195 e. The summed E-state index contributed by atoms with van der Waals surface area (Å²) in [7, 11) is -4.10. The lowest BCUT2D eigenvalue weighted by Gasteiger charge is -2.42. The molecule has 0 bridgehead atoms. The first-order valence-corrected chi connectivity index (χ1v) is 15.4. The molecule has 0 amide bonds. The lowest BCUT2D eigenvalue weighted by Crippen LogP contribution is -2.52. The molecule has 1 aliphatic heterocycles. The minimum atomic E-state index is -2.15. The number of rotatable bonds is 5. The lowest BCUT2D eigenvalue weighted by molar-refractivity contribution is -0.107. The van der Waals surface area contributed by atoms with Gasteiger partial charge in [-0.2, -0.15) is 0 Å². The van der Waals surface area contributed by atoms with E-state index in [0.717, 1.165) is 0 Å². The van der Waals surface area contributed by atoms with E-state index in [0.29, 0.717) is 6.61 Å². The van der Waals surface area contributed by atoms with Crippen molar-refractivity contribution >= 4 is 39.8 Å². The van der Waals surface area contributed by atoms with Crippen molar-refractivity contribution in [3.63, 3.8) is 0 Å².